The first-order chi connectivity index (χ1) is 11.4. The Bertz CT molecular complexity index is 720. The van der Waals surface area contributed by atoms with Gasteiger partial charge in [0.05, 0.1) is 25.3 Å². The number of esters is 2. The van der Waals surface area contributed by atoms with Crippen LogP contribution in [-0.4, -0.2) is 36.4 Å². The van der Waals surface area contributed by atoms with Gasteiger partial charge in [0.2, 0.25) is 5.24 Å². The Morgan fingerprint density at radius 2 is 1.56 bits per heavy atom. The number of carbonyl (C=O) groups is 3. The highest BCUT2D eigenvalue weighted by molar-refractivity contribution is 6.63. The third-order valence-electron chi connectivity index (χ3n) is 2.90. The SMILES string of the molecule is COC(=O)c1c(C(F)F)nc(C(F)(F)F)c(C(=O)OC)c1CC(=O)Cl. The van der Waals surface area contributed by atoms with E-state index in [1.165, 1.54) is 0 Å². The summed E-state index contributed by atoms with van der Waals surface area (Å²) >= 11 is 5.12. The van der Waals surface area contributed by atoms with Crippen LogP contribution in [0, 0.1) is 0 Å². The van der Waals surface area contributed by atoms with Crippen LogP contribution in [0.25, 0.3) is 0 Å². The summed E-state index contributed by atoms with van der Waals surface area (Å²) in [5.74, 6) is -3.16. The molecule has 12 heteroatoms. The topological polar surface area (TPSA) is 82.6 Å². The number of carbonyl (C=O) groups excluding carboxylic acids is 3. The van der Waals surface area contributed by atoms with Gasteiger partial charge < -0.3 is 9.47 Å². The standard InChI is InChI=1S/C13H9ClF5NO5/c1-24-11(22)6-4(3-5(14)21)7(12(23)25-2)9(13(17,18)19)20-8(6)10(15)16/h10H,3H2,1-2H3. The molecule has 0 aromatic carbocycles. The molecule has 0 aliphatic heterocycles. The summed E-state index contributed by atoms with van der Waals surface area (Å²) in [6.07, 6.45) is -10.1. The molecule has 0 fully saturated rings. The Balaban J connectivity index is 4.09. The zero-order valence-corrected chi connectivity index (χ0v) is 13.3. The van der Waals surface area contributed by atoms with Crippen LogP contribution in [0.15, 0.2) is 0 Å². The molecule has 1 aromatic rings. The minimum Gasteiger partial charge on any atom is -0.465 e. The van der Waals surface area contributed by atoms with Crippen LogP contribution < -0.4 is 0 Å². The largest absolute Gasteiger partial charge is 0.465 e. The van der Waals surface area contributed by atoms with Crippen molar-refractivity contribution in [2.75, 3.05) is 14.2 Å². The maximum atomic E-state index is 13.2. The number of ether oxygens (including phenoxy) is 2. The fourth-order valence-electron chi connectivity index (χ4n) is 1.99. The molecule has 0 spiro atoms. The Hall–Kier alpha value is -2.30. The highest BCUT2D eigenvalue weighted by Crippen LogP contribution is 2.37. The second-order valence-electron chi connectivity index (χ2n) is 4.39. The smallest absolute Gasteiger partial charge is 0.434 e. The van der Waals surface area contributed by atoms with Crippen LogP contribution in [-0.2, 0) is 26.9 Å². The summed E-state index contributed by atoms with van der Waals surface area (Å²) in [6, 6.07) is 0. The van der Waals surface area contributed by atoms with Gasteiger partial charge >= 0.3 is 18.1 Å². The van der Waals surface area contributed by atoms with Crippen molar-refractivity contribution in [3.05, 3.63) is 28.1 Å². The number of methoxy groups -OCH3 is 2. The normalized spacial score (nSPS) is 11.4. The van der Waals surface area contributed by atoms with E-state index < -0.39 is 64.3 Å². The van der Waals surface area contributed by atoms with Gasteiger partial charge in [-0.25, -0.2) is 23.4 Å². The molecule has 0 aliphatic carbocycles. The minimum atomic E-state index is -5.36. The zero-order valence-electron chi connectivity index (χ0n) is 12.5. The van der Waals surface area contributed by atoms with Gasteiger partial charge in [-0.05, 0) is 17.2 Å². The van der Waals surface area contributed by atoms with Crippen molar-refractivity contribution < 1.29 is 45.8 Å². The number of nitrogens with zero attached hydrogens (tertiary/aromatic N) is 1. The quantitative estimate of drug-likeness (QED) is 0.437. The number of rotatable bonds is 5. The Morgan fingerprint density at radius 1 is 1.08 bits per heavy atom. The molecule has 1 heterocycles. The highest BCUT2D eigenvalue weighted by Gasteiger charge is 2.43. The van der Waals surface area contributed by atoms with Crippen molar-refractivity contribution in [2.45, 2.75) is 19.0 Å². The van der Waals surface area contributed by atoms with E-state index in [0.717, 1.165) is 7.11 Å². The second kappa shape index (κ2) is 7.72. The van der Waals surface area contributed by atoms with Gasteiger partial charge in [-0.3, -0.25) is 4.79 Å². The maximum absolute atomic E-state index is 13.2. The number of halogens is 6. The molecular weight excluding hydrogens is 381 g/mol. The van der Waals surface area contributed by atoms with Crippen molar-refractivity contribution in [1.82, 2.24) is 4.98 Å². The lowest BCUT2D eigenvalue weighted by molar-refractivity contribution is -0.142. The first kappa shape index (κ1) is 20.7. The molecule has 0 saturated carbocycles. The molecule has 0 atom stereocenters. The predicted molar refractivity (Wildman–Crippen MR) is 71.4 cm³/mol. The van der Waals surface area contributed by atoms with E-state index in [9.17, 15) is 36.3 Å². The molecule has 1 aromatic heterocycles. The van der Waals surface area contributed by atoms with Crippen molar-refractivity contribution >= 4 is 28.8 Å². The lowest BCUT2D eigenvalue weighted by Gasteiger charge is -2.19. The van der Waals surface area contributed by atoms with Gasteiger partial charge in [-0.1, -0.05) is 0 Å². The second-order valence-corrected chi connectivity index (χ2v) is 4.81. The van der Waals surface area contributed by atoms with Crippen molar-refractivity contribution in [3.8, 4) is 0 Å². The fourth-order valence-corrected chi connectivity index (χ4v) is 2.12. The third kappa shape index (κ3) is 4.41. The highest BCUT2D eigenvalue weighted by atomic mass is 35.5. The average Bonchev–Trinajstić information content (AvgIpc) is 2.50. The molecule has 0 saturated heterocycles. The van der Waals surface area contributed by atoms with Gasteiger partial charge in [-0.2, -0.15) is 13.2 Å². The van der Waals surface area contributed by atoms with Crippen LogP contribution in [0.5, 0.6) is 0 Å². The van der Waals surface area contributed by atoms with Crippen molar-refractivity contribution in [1.29, 1.82) is 0 Å². The number of pyridine rings is 1. The molecule has 0 bridgehead atoms. The molecule has 0 N–H and O–H groups in total. The van der Waals surface area contributed by atoms with Crippen LogP contribution in [0.1, 0.15) is 44.1 Å². The lowest BCUT2D eigenvalue weighted by Crippen LogP contribution is -2.25. The maximum Gasteiger partial charge on any atom is 0.434 e. The summed E-state index contributed by atoms with van der Waals surface area (Å²) < 4.78 is 74.3. The molecule has 0 amide bonds. The van der Waals surface area contributed by atoms with E-state index in [1.54, 1.807) is 0 Å². The van der Waals surface area contributed by atoms with Crippen molar-refractivity contribution in [3.63, 3.8) is 0 Å². The first-order valence-corrected chi connectivity index (χ1v) is 6.60. The van der Waals surface area contributed by atoms with E-state index in [-0.39, 0.29) is 0 Å². The van der Waals surface area contributed by atoms with Gasteiger partial charge in [0.15, 0.2) is 5.69 Å². The monoisotopic (exact) mass is 389 g/mol. The summed E-state index contributed by atoms with van der Waals surface area (Å²) in [6.45, 7) is 0. The van der Waals surface area contributed by atoms with E-state index in [1.807, 2.05) is 0 Å². The molecule has 0 aliphatic rings. The molecule has 0 radical (unpaired) electrons. The summed E-state index contributed by atoms with van der Waals surface area (Å²) in [5, 5.41) is -1.31. The molecule has 6 nitrogen and oxygen atoms in total. The molecule has 1 rings (SSSR count). The van der Waals surface area contributed by atoms with Crippen LogP contribution in [0.4, 0.5) is 22.0 Å². The average molecular weight is 390 g/mol. The Kier molecular flexibility index (Phi) is 6.41. The Morgan fingerprint density at radius 3 is 1.92 bits per heavy atom. The molecule has 138 valence electrons. The number of hydrogen-bond acceptors (Lipinski definition) is 6. The van der Waals surface area contributed by atoms with Gasteiger partial charge in [0, 0.05) is 6.42 Å². The van der Waals surface area contributed by atoms with E-state index in [0.29, 0.717) is 7.11 Å². The van der Waals surface area contributed by atoms with Gasteiger partial charge in [0.25, 0.3) is 6.43 Å². The predicted octanol–water partition coefficient (Wildman–Crippen LogP) is 2.92. The van der Waals surface area contributed by atoms with Crippen molar-refractivity contribution in [2.24, 2.45) is 0 Å². The number of alkyl halides is 5. The molecular formula is C13H9ClF5NO5. The van der Waals surface area contributed by atoms with Crippen LogP contribution in [0.3, 0.4) is 0 Å². The fraction of sp³-hybridized carbons (Fsp3) is 0.385. The first-order valence-electron chi connectivity index (χ1n) is 6.22. The zero-order chi connectivity index (χ0) is 19.5. The minimum absolute atomic E-state index is 0.716. The number of hydrogen-bond donors (Lipinski definition) is 0. The third-order valence-corrected chi connectivity index (χ3v) is 3.03. The van der Waals surface area contributed by atoms with E-state index in [4.69, 9.17) is 11.6 Å². The summed E-state index contributed by atoms with van der Waals surface area (Å²) in [5.41, 5.74) is -7.15. The summed E-state index contributed by atoms with van der Waals surface area (Å²) in [7, 11) is 1.48. The number of aromatic nitrogens is 1. The van der Waals surface area contributed by atoms with Crippen LogP contribution >= 0.6 is 11.6 Å². The van der Waals surface area contributed by atoms with Gasteiger partial charge in [0.1, 0.15) is 5.69 Å². The van der Waals surface area contributed by atoms with E-state index in [2.05, 4.69) is 14.5 Å². The lowest BCUT2D eigenvalue weighted by atomic mass is 9.95. The summed E-state index contributed by atoms with van der Waals surface area (Å²) in [4.78, 5) is 37.4. The molecule has 25 heavy (non-hydrogen) atoms. The Labute approximate surface area is 141 Å². The van der Waals surface area contributed by atoms with E-state index >= 15 is 0 Å². The van der Waals surface area contributed by atoms with Gasteiger partial charge in [-0.15, -0.1) is 0 Å². The van der Waals surface area contributed by atoms with Crippen LogP contribution in [0.2, 0.25) is 0 Å². The molecule has 0 unspecified atom stereocenters.